The number of rotatable bonds is 3. The van der Waals surface area contributed by atoms with Gasteiger partial charge in [0, 0.05) is 32.9 Å². The van der Waals surface area contributed by atoms with Crippen LogP contribution in [0.3, 0.4) is 0 Å². The van der Waals surface area contributed by atoms with E-state index in [1.54, 1.807) is 20.1 Å². The van der Waals surface area contributed by atoms with Crippen molar-refractivity contribution in [3.63, 3.8) is 0 Å². The lowest BCUT2D eigenvalue weighted by molar-refractivity contribution is -0.124. The number of carbonyl (C=O) groups is 1. The quantitative estimate of drug-likeness (QED) is 0.803. The van der Waals surface area contributed by atoms with Gasteiger partial charge in [-0.1, -0.05) is 0 Å². The standard InChI is InChI=1S/C14H20N4O3S/c1-16-9-11(8-15-16)18-7-5-14(13(18)19)4-6-17(10-14)22(20,21)12-2-3-12/h8-9,12H,2-7,10H2,1H3/t14-/m1/s1. The topological polar surface area (TPSA) is 75.5 Å². The Kier molecular flexibility index (Phi) is 2.93. The zero-order valence-corrected chi connectivity index (χ0v) is 13.4. The Labute approximate surface area is 129 Å². The molecule has 2 aliphatic heterocycles. The van der Waals surface area contributed by atoms with Crippen LogP contribution in [-0.2, 0) is 21.9 Å². The Hall–Kier alpha value is -1.41. The normalized spacial score (nSPS) is 29.9. The van der Waals surface area contributed by atoms with Crippen molar-refractivity contribution in [1.29, 1.82) is 0 Å². The fourth-order valence-electron chi connectivity index (χ4n) is 3.62. The molecule has 7 nitrogen and oxygen atoms in total. The number of anilines is 1. The second-order valence-electron chi connectivity index (χ2n) is 6.69. The minimum atomic E-state index is -3.18. The summed E-state index contributed by atoms with van der Waals surface area (Å²) in [5.74, 6) is 0.0500. The molecular formula is C14H20N4O3S. The van der Waals surface area contributed by atoms with E-state index in [0.717, 1.165) is 24.9 Å². The minimum absolute atomic E-state index is 0.0500. The lowest BCUT2D eigenvalue weighted by atomic mass is 9.86. The van der Waals surface area contributed by atoms with E-state index in [1.807, 2.05) is 13.2 Å². The van der Waals surface area contributed by atoms with Gasteiger partial charge in [-0.3, -0.25) is 9.48 Å². The van der Waals surface area contributed by atoms with E-state index in [4.69, 9.17) is 0 Å². The van der Waals surface area contributed by atoms with Crippen molar-refractivity contribution in [3.8, 4) is 0 Å². The third-order valence-corrected chi connectivity index (χ3v) is 7.49. The molecule has 1 aromatic rings. The highest BCUT2D eigenvalue weighted by Crippen LogP contribution is 2.44. The van der Waals surface area contributed by atoms with Gasteiger partial charge in [-0.25, -0.2) is 12.7 Å². The summed E-state index contributed by atoms with van der Waals surface area (Å²) in [4.78, 5) is 14.6. The number of sulfonamides is 1. The predicted molar refractivity (Wildman–Crippen MR) is 80.7 cm³/mol. The summed E-state index contributed by atoms with van der Waals surface area (Å²) >= 11 is 0. The van der Waals surface area contributed by atoms with Crippen LogP contribution in [0.15, 0.2) is 12.4 Å². The zero-order chi connectivity index (χ0) is 15.5. The van der Waals surface area contributed by atoms with Gasteiger partial charge in [0.15, 0.2) is 0 Å². The molecule has 0 bridgehead atoms. The van der Waals surface area contributed by atoms with Crippen LogP contribution in [0.5, 0.6) is 0 Å². The molecule has 1 atom stereocenters. The molecule has 0 radical (unpaired) electrons. The van der Waals surface area contributed by atoms with Crippen molar-refractivity contribution in [3.05, 3.63) is 12.4 Å². The van der Waals surface area contributed by atoms with Crippen molar-refractivity contribution in [2.45, 2.75) is 30.9 Å². The molecule has 0 aromatic carbocycles. The Bertz CT molecular complexity index is 724. The summed E-state index contributed by atoms with van der Waals surface area (Å²) in [6, 6.07) is 0. The van der Waals surface area contributed by atoms with Crippen LogP contribution in [0.1, 0.15) is 25.7 Å². The summed E-state index contributed by atoms with van der Waals surface area (Å²) in [6.45, 7) is 1.47. The summed E-state index contributed by atoms with van der Waals surface area (Å²) in [5, 5.41) is 3.91. The monoisotopic (exact) mass is 324 g/mol. The summed E-state index contributed by atoms with van der Waals surface area (Å²) in [6.07, 6.45) is 6.39. The molecule has 120 valence electrons. The molecule has 1 amide bonds. The Morgan fingerprint density at radius 2 is 2.00 bits per heavy atom. The molecule has 1 aliphatic carbocycles. The highest BCUT2D eigenvalue weighted by Gasteiger charge is 2.55. The maximum atomic E-state index is 12.9. The number of aromatic nitrogens is 2. The molecular weight excluding hydrogens is 304 g/mol. The van der Waals surface area contributed by atoms with Gasteiger partial charge < -0.3 is 4.90 Å². The number of amides is 1. The lowest BCUT2D eigenvalue weighted by Crippen LogP contribution is -2.39. The highest BCUT2D eigenvalue weighted by molar-refractivity contribution is 7.90. The number of aryl methyl sites for hydroxylation is 1. The van der Waals surface area contributed by atoms with Crippen LogP contribution in [0.2, 0.25) is 0 Å². The SMILES string of the molecule is Cn1cc(N2CC[C@@]3(CCN(S(=O)(=O)C4CC4)C3)C2=O)cn1. The zero-order valence-electron chi connectivity index (χ0n) is 12.6. The van der Waals surface area contributed by atoms with E-state index in [0.29, 0.717) is 26.1 Å². The Morgan fingerprint density at radius 3 is 2.64 bits per heavy atom. The van der Waals surface area contributed by atoms with Crippen LogP contribution in [-0.4, -0.2) is 53.3 Å². The van der Waals surface area contributed by atoms with Crippen molar-refractivity contribution in [2.75, 3.05) is 24.5 Å². The molecule has 22 heavy (non-hydrogen) atoms. The van der Waals surface area contributed by atoms with E-state index in [-0.39, 0.29) is 11.2 Å². The minimum Gasteiger partial charge on any atom is -0.309 e. The molecule has 4 rings (SSSR count). The molecule has 3 fully saturated rings. The lowest BCUT2D eigenvalue weighted by Gasteiger charge is -2.23. The third kappa shape index (κ3) is 2.00. The summed E-state index contributed by atoms with van der Waals surface area (Å²) in [5.41, 5.74) is 0.269. The van der Waals surface area contributed by atoms with Gasteiger partial charge in [0.2, 0.25) is 15.9 Å². The molecule has 2 saturated heterocycles. The van der Waals surface area contributed by atoms with E-state index in [9.17, 15) is 13.2 Å². The fourth-order valence-corrected chi connectivity index (χ4v) is 5.55. The van der Waals surface area contributed by atoms with Crippen LogP contribution in [0.25, 0.3) is 0 Å². The Balaban J connectivity index is 1.55. The molecule has 1 aromatic heterocycles. The molecule has 1 spiro atoms. The second kappa shape index (κ2) is 4.55. The van der Waals surface area contributed by atoms with Gasteiger partial charge in [-0.15, -0.1) is 0 Å². The van der Waals surface area contributed by atoms with Crippen LogP contribution in [0, 0.1) is 5.41 Å². The Morgan fingerprint density at radius 1 is 1.27 bits per heavy atom. The first-order chi connectivity index (χ1) is 10.4. The first kappa shape index (κ1) is 14.2. The maximum Gasteiger partial charge on any atom is 0.234 e. The van der Waals surface area contributed by atoms with Gasteiger partial charge in [-0.05, 0) is 25.7 Å². The summed E-state index contributed by atoms with van der Waals surface area (Å²) in [7, 11) is -1.37. The second-order valence-corrected chi connectivity index (χ2v) is 8.90. The smallest absolute Gasteiger partial charge is 0.234 e. The van der Waals surface area contributed by atoms with E-state index < -0.39 is 15.4 Å². The largest absolute Gasteiger partial charge is 0.309 e. The predicted octanol–water partition coefficient (Wildman–Crippen LogP) is 0.341. The first-order valence-corrected chi connectivity index (χ1v) is 9.22. The van der Waals surface area contributed by atoms with Crippen molar-refractivity contribution >= 4 is 21.6 Å². The van der Waals surface area contributed by atoms with E-state index in [2.05, 4.69) is 5.10 Å². The van der Waals surface area contributed by atoms with Gasteiger partial charge in [-0.2, -0.15) is 5.10 Å². The number of hydrogen-bond acceptors (Lipinski definition) is 4. The molecule has 8 heteroatoms. The van der Waals surface area contributed by atoms with Gasteiger partial charge in [0.1, 0.15) is 0 Å². The molecule has 0 N–H and O–H groups in total. The highest BCUT2D eigenvalue weighted by atomic mass is 32.2. The van der Waals surface area contributed by atoms with Crippen LogP contribution in [0.4, 0.5) is 5.69 Å². The number of hydrogen-bond donors (Lipinski definition) is 0. The van der Waals surface area contributed by atoms with Crippen molar-refractivity contribution in [1.82, 2.24) is 14.1 Å². The molecule has 3 aliphatic rings. The van der Waals surface area contributed by atoms with Crippen LogP contribution < -0.4 is 4.90 Å². The average Bonchev–Trinajstić information content (AvgIpc) is 3.01. The number of carbonyl (C=O) groups excluding carboxylic acids is 1. The van der Waals surface area contributed by atoms with Gasteiger partial charge in [0.05, 0.1) is 22.5 Å². The maximum absolute atomic E-state index is 12.9. The van der Waals surface area contributed by atoms with Gasteiger partial charge >= 0.3 is 0 Å². The van der Waals surface area contributed by atoms with E-state index >= 15 is 0 Å². The summed E-state index contributed by atoms with van der Waals surface area (Å²) < 4.78 is 28.0. The van der Waals surface area contributed by atoms with Crippen molar-refractivity contribution in [2.24, 2.45) is 12.5 Å². The molecule has 0 unspecified atom stereocenters. The van der Waals surface area contributed by atoms with Crippen LogP contribution >= 0.6 is 0 Å². The van der Waals surface area contributed by atoms with Gasteiger partial charge in [0.25, 0.3) is 0 Å². The fraction of sp³-hybridized carbons (Fsp3) is 0.714. The van der Waals surface area contributed by atoms with E-state index in [1.165, 1.54) is 0 Å². The third-order valence-electron chi connectivity index (χ3n) is 5.14. The molecule has 3 heterocycles. The average molecular weight is 324 g/mol. The number of nitrogens with zero attached hydrogens (tertiary/aromatic N) is 4. The first-order valence-electron chi connectivity index (χ1n) is 7.72. The molecule has 1 saturated carbocycles. The van der Waals surface area contributed by atoms with Crippen molar-refractivity contribution < 1.29 is 13.2 Å².